The Hall–Kier alpha value is -4.62. The number of hydrogen-bond acceptors (Lipinski definition) is 5. The average molecular weight is 698 g/mol. The van der Waals surface area contributed by atoms with E-state index in [1.807, 2.05) is 13.8 Å². The first-order valence-corrected chi connectivity index (χ1v) is 16.1. The van der Waals surface area contributed by atoms with Crippen LogP contribution in [0.1, 0.15) is 62.4 Å². The molecule has 1 atom stereocenters. The van der Waals surface area contributed by atoms with E-state index in [4.69, 9.17) is 11.5 Å². The predicted octanol–water partition coefficient (Wildman–Crippen LogP) is 6.16. The van der Waals surface area contributed by atoms with Gasteiger partial charge in [-0.3, -0.25) is 14.5 Å². The maximum atomic E-state index is 14.2. The van der Waals surface area contributed by atoms with Gasteiger partial charge in [-0.25, -0.2) is 9.78 Å². The first-order valence-electron chi connectivity index (χ1n) is 16.1. The van der Waals surface area contributed by atoms with Gasteiger partial charge in [0.25, 0.3) is 0 Å². The van der Waals surface area contributed by atoms with Crippen LogP contribution in [0.25, 0.3) is 33.2 Å². The summed E-state index contributed by atoms with van der Waals surface area (Å²) in [5.74, 6) is -0.419. The average Bonchev–Trinajstić information content (AvgIpc) is 3.66. The molecule has 14 heteroatoms. The topological polar surface area (TPSA) is 167 Å². The predicted molar refractivity (Wildman–Crippen MR) is 185 cm³/mol. The number of alkyl halides is 3. The zero-order valence-electron chi connectivity index (χ0n) is 27.1. The van der Waals surface area contributed by atoms with Crippen molar-refractivity contribution in [1.82, 2.24) is 19.9 Å². The Bertz CT molecular complexity index is 2030. The number of carbonyl (C=O) groups is 2. The Kier molecular flexibility index (Phi) is 10.3. The Balaban J connectivity index is 0.00000468. The number of carbonyl (C=O) groups excluding carboxylic acids is 2. The van der Waals surface area contributed by atoms with E-state index in [-0.39, 0.29) is 47.7 Å². The van der Waals surface area contributed by atoms with E-state index in [2.05, 4.69) is 19.9 Å². The SMILES string of the molecule is CC(C)c1nc2cc(C(F)(F)F)c(-c3ccc(C[C@@H](C(N)=O)N(c4ccc5[nH]c(=O)[nH]c5c4)C(=O)[C@H]4CC[C@H](CN)CC4)cc3)cc2[nH]1.Cl. The lowest BCUT2D eigenvalue weighted by Crippen LogP contribution is -2.52. The number of aromatic nitrogens is 4. The molecule has 2 heterocycles. The highest BCUT2D eigenvalue weighted by Gasteiger charge is 2.37. The molecule has 7 N–H and O–H groups in total. The number of fused-ring (bicyclic) bond motifs is 2. The molecule has 10 nitrogen and oxygen atoms in total. The molecule has 0 bridgehead atoms. The fourth-order valence-electron chi connectivity index (χ4n) is 6.66. The van der Waals surface area contributed by atoms with Crippen LogP contribution < -0.4 is 22.1 Å². The van der Waals surface area contributed by atoms with Gasteiger partial charge in [0, 0.05) is 23.9 Å². The maximum absolute atomic E-state index is 14.2. The van der Waals surface area contributed by atoms with Crippen molar-refractivity contribution in [3.8, 4) is 11.1 Å². The van der Waals surface area contributed by atoms with E-state index in [0.29, 0.717) is 64.5 Å². The van der Waals surface area contributed by atoms with Gasteiger partial charge in [-0.2, -0.15) is 13.2 Å². The van der Waals surface area contributed by atoms with Crippen LogP contribution in [0.4, 0.5) is 18.9 Å². The van der Waals surface area contributed by atoms with Gasteiger partial charge in [0.2, 0.25) is 11.8 Å². The van der Waals surface area contributed by atoms with Crippen LogP contribution in [0.15, 0.2) is 59.4 Å². The van der Waals surface area contributed by atoms with Gasteiger partial charge in [0.15, 0.2) is 0 Å². The number of nitrogens with two attached hydrogens (primary N) is 2. The summed E-state index contributed by atoms with van der Waals surface area (Å²) < 4.78 is 42.7. The number of rotatable bonds is 9. The summed E-state index contributed by atoms with van der Waals surface area (Å²) in [4.78, 5) is 53.5. The van der Waals surface area contributed by atoms with Crippen molar-refractivity contribution in [2.24, 2.45) is 23.3 Å². The first-order chi connectivity index (χ1) is 22.8. The fourth-order valence-corrected chi connectivity index (χ4v) is 6.66. The fraction of sp³-hybridized carbons (Fsp3) is 0.371. The maximum Gasteiger partial charge on any atom is 0.417 e. The normalized spacial score (nSPS) is 17.3. The minimum absolute atomic E-state index is 0. The molecule has 2 amide bonds. The van der Waals surface area contributed by atoms with Gasteiger partial charge in [0.1, 0.15) is 11.9 Å². The van der Waals surface area contributed by atoms with Crippen molar-refractivity contribution >= 4 is 52.0 Å². The minimum Gasteiger partial charge on any atom is -0.368 e. The van der Waals surface area contributed by atoms with Crippen molar-refractivity contribution in [3.05, 3.63) is 82.0 Å². The smallest absolute Gasteiger partial charge is 0.368 e. The van der Waals surface area contributed by atoms with Gasteiger partial charge < -0.3 is 26.4 Å². The Labute approximate surface area is 286 Å². The second-order valence-corrected chi connectivity index (χ2v) is 13.0. The summed E-state index contributed by atoms with van der Waals surface area (Å²) in [5, 5.41) is 0. The van der Waals surface area contributed by atoms with Gasteiger partial charge in [-0.05, 0) is 85.2 Å². The van der Waals surface area contributed by atoms with E-state index >= 15 is 0 Å². The van der Waals surface area contributed by atoms with Gasteiger partial charge in [0.05, 0.1) is 27.6 Å². The van der Waals surface area contributed by atoms with Crippen LogP contribution in [0, 0.1) is 11.8 Å². The minimum atomic E-state index is -4.62. The molecule has 0 radical (unpaired) electrons. The number of benzene rings is 3. The molecule has 1 aliphatic carbocycles. The highest BCUT2D eigenvalue weighted by Crippen LogP contribution is 2.40. The van der Waals surface area contributed by atoms with Crippen LogP contribution in [0.5, 0.6) is 0 Å². The molecular formula is C35H39ClF3N7O3. The number of amides is 2. The third-order valence-electron chi connectivity index (χ3n) is 9.37. The van der Waals surface area contributed by atoms with E-state index in [1.165, 1.54) is 11.0 Å². The van der Waals surface area contributed by atoms with Crippen molar-refractivity contribution in [1.29, 1.82) is 0 Å². The van der Waals surface area contributed by atoms with Crippen molar-refractivity contribution in [2.45, 2.75) is 64.1 Å². The molecule has 0 spiro atoms. The number of primary amides is 1. The number of halogens is 4. The summed E-state index contributed by atoms with van der Waals surface area (Å²) in [6.45, 7) is 4.35. The highest BCUT2D eigenvalue weighted by molar-refractivity contribution is 6.02. The number of nitrogens with zero attached hydrogens (tertiary/aromatic N) is 2. The molecule has 5 aromatic rings. The number of nitrogens with one attached hydrogen (secondary N) is 3. The zero-order chi connectivity index (χ0) is 34.3. The third-order valence-corrected chi connectivity index (χ3v) is 9.37. The van der Waals surface area contributed by atoms with E-state index in [0.717, 1.165) is 18.9 Å². The van der Waals surface area contributed by atoms with E-state index < -0.39 is 29.4 Å². The number of imidazole rings is 2. The number of hydrogen-bond donors (Lipinski definition) is 5. The van der Waals surface area contributed by atoms with Crippen LogP contribution in [-0.4, -0.2) is 44.3 Å². The summed E-state index contributed by atoms with van der Waals surface area (Å²) in [7, 11) is 0. The monoisotopic (exact) mass is 697 g/mol. The van der Waals surface area contributed by atoms with Gasteiger partial charge >= 0.3 is 11.9 Å². The lowest BCUT2D eigenvalue weighted by Gasteiger charge is -2.35. The number of anilines is 1. The first kappa shape index (κ1) is 35.7. The van der Waals surface area contributed by atoms with Gasteiger partial charge in [-0.15, -0.1) is 12.4 Å². The Morgan fingerprint density at radius 2 is 1.61 bits per heavy atom. The van der Waals surface area contributed by atoms with E-state index in [9.17, 15) is 27.6 Å². The second kappa shape index (κ2) is 14.1. The van der Waals surface area contributed by atoms with Crippen LogP contribution in [0.2, 0.25) is 0 Å². The quantitative estimate of drug-likeness (QED) is 0.124. The largest absolute Gasteiger partial charge is 0.417 e. The molecule has 260 valence electrons. The molecule has 1 saturated carbocycles. The summed E-state index contributed by atoms with van der Waals surface area (Å²) in [6.07, 6.45) is -1.80. The Morgan fingerprint density at radius 3 is 2.22 bits per heavy atom. The lowest BCUT2D eigenvalue weighted by atomic mass is 9.81. The molecular weight excluding hydrogens is 659 g/mol. The van der Waals surface area contributed by atoms with Crippen LogP contribution >= 0.6 is 12.4 Å². The van der Waals surface area contributed by atoms with Crippen LogP contribution in [0.3, 0.4) is 0 Å². The Morgan fingerprint density at radius 1 is 0.939 bits per heavy atom. The molecule has 1 fully saturated rings. The summed E-state index contributed by atoms with van der Waals surface area (Å²) in [5.41, 5.74) is 13.7. The lowest BCUT2D eigenvalue weighted by molar-refractivity contribution is -0.137. The highest BCUT2D eigenvalue weighted by atomic mass is 35.5. The molecule has 6 rings (SSSR count). The van der Waals surface area contributed by atoms with Crippen molar-refractivity contribution < 1.29 is 22.8 Å². The molecule has 49 heavy (non-hydrogen) atoms. The number of H-pyrrole nitrogens is 3. The van der Waals surface area contributed by atoms with Crippen molar-refractivity contribution in [3.63, 3.8) is 0 Å². The third kappa shape index (κ3) is 7.37. The molecule has 0 aliphatic heterocycles. The second-order valence-electron chi connectivity index (χ2n) is 13.0. The van der Waals surface area contributed by atoms with Crippen molar-refractivity contribution in [2.75, 3.05) is 11.4 Å². The van der Waals surface area contributed by atoms with E-state index in [1.54, 1.807) is 42.5 Å². The zero-order valence-corrected chi connectivity index (χ0v) is 27.9. The molecule has 2 aromatic heterocycles. The van der Waals surface area contributed by atoms with Gasteiger partial charge in [-0.1, -0.05) is 38.1 Å². The summed E-state index contributed by atoms with van der Waals surface area (Å²) >= 11 is 0. The standard InChI is InChI=1S/C35H38F3N7O3.ClH/c1-18(2)32-41-28-15-24(25(35(36,37)38)16-29(28)42-32)21-7-3-19(4-8-21)13-30(31(40)46)45(33(47)22-9-5-20(17-39)6-10-22)23-11-12-26-27(14-23)44-34(48)43-26;/h3-4,7-8,11-12,14-16,18,20,22,30H,5-6,9-10,13,17,39H2,1-2H3,(H2,40,46)(H,41,42)(H2,43,44,48);1H/t20-,22-,30-;/m0./s1. The summed E-state index contributed by atoms with van der Waals surface area (Å²) in [6, 6.07) is 12.8. The molecule has 0 saturated heterocycles. The molecule has 1 aliphatic rings. The van der Waals surface area contributed by atoms with Crippen LogP contribution in [-0.2, 0) is 22.2 Å². The number of aromatic amines is 3. The molecule has 3 aromatic carbocycles. The molecule has 0 unspecified atom stereocenters.